The zero-order valence-corrected chi connectivity index (χ0v) is 12.1. The van der Waals surface area contributed by atoms with Gasteiger partial charge in [0.05, 0.1) is 17.4 Å². The van der Waals surface area contributed by atoms with E-state index in [1.807, 2.05) is 0 Å². The topological polar surface area (TPSA) is 90.1 Å². The van der Waals surface area contributed by atoms with Gasteiger partial charge in [-0.2, -0.15) is 5.10 Å². The van der Waals surface area contributed by atoms with Crippen LogP contribution in [0.3, 0.4) is 0 Å². The summed E-state index contributed by atoms with van der Waals surface area (Å²) >= 11 is 0. The lowest BCUT2D eigenvalue weighted by Gasteiger charge is -2.12. The van der Waals surface area contributed by atoms with Crippen LogP contribution in [0.2, 0.25) is 0 Å². The fourth-order valence-electron chi connectivity index (χ4n) is 1.85. The highest BCUT2D eigenvalue weighted by molar-refractivity contribution is 5.92. The number of benzene rings is 1. The number of aryl methyl sites for hydroxylation is 1. The average Bonchev–Trinajstić information content (AvgIpc) is 2.91. The second kappa shape index (κ2) is 6.33. The minimum absolute atomic E-state index is 0.131. The van der Waals surface area contributed by atoms with Gasteiger partial charge in [0.1, 0.15) is 18.2 Å². The molecule has 1 heterocycles. The molecule has 0 saturated heterocycles. The van der Waals surface area contributed by atoms with Crippen molar-refractivity contribution in [2.75, 3.05) is 5.32 Å². The zero-order chi connectivity index (χ0) is 16.3. The van der Waals surface area contributed by atoms with E-state index in [-0.39, 0.29) is 18.1 Å². The van der Waals surface area contributed by atoms with Crippen molar-refractivity contribution in [2.45, 2.75) is 20.4 Å². The predicted octanol–water partition coefficient (Wildman–Crippen LogP) is 2.51. The van der Waals surface area contributed by atoms with E-state index in [9.17, 15) is 19.3 Å². The molecule has 1 atom stereocenters. The van der Waals surface area contributed by atoms with Crippen molar-refractivity contribution < 1.29 is 14.1 Å². The molecule has 22 heavy (non-hydrogen) atoms. The van der Waals surface area contributed by atoms with Crippen molar-refractivity contribution in [3.8, 4) is 0 Å². The van der Waals surface area contributed by atoms with Crippen LogP contribution < -0.4 is 5.32 Å². The summed E-state index contributed by atoms with van der Waals surface area (Å²) in [4.78, 5) is 22.1. The fourth-order valence-corrected chi connectivity index (χ4v) is 1.85. The van der Waals surface area contributed by atoms with E-state index in [0.717, 1.165) is 6.20 Å². The number of nitrogens with one attached hydrogen (secondary N) is 1. The summed E-state index contributed by atoms with van der Waals surface area (Å²) < 4.78 is 14.8. The van der Waals surface area contributed by atoms with Crippen molar-refractivity contribution in [1.29, 1.82) is 0 Å². The zero-order valence-electron chi connectivity index (χ0n) is 12.1. The lowest BCUT2D eigenvalue weighted by molar-refractivity contribution is -0.385. The molecule has 0 bridgehead atoms. The van der Waals surface area contributed by atoms with Gasteiger partial charge in [0, 0.05) is 5.69 Å². The number of carbonyl (C=O) groups is 1. The van der Waals surface area contributed by atoms with E-state index in [1.54, 1.807) is 26.0 Å². The number of nitro groups is 1. The van der Waals surface area contributed by atoms with Crippen LogP contribution in [-0.2, 0) is 11.3 Å². The molecular weight excluding hydrogens is 291 g/mol. The molecule has 2 rings (SSSR count). The van der Waals surface area contributed by atoms with Crippen LogP contribution >= 0.6 is 0 Å². The van der Waals surface area contributed by atoms with Gasteiger partial charge in [-0.25, -0.2) is 4.39 Å². The summed E-state index contributed by atoms with van der Waals surface area (Å²) in [5.74, 6) is -1.20. The maximum absolute atomic E-state index is 13.4. The second-order valence-electron chi connectivity index (χ2n) is 5.03. The van der Waals surface area contributed by atoms with Gasteiger partial charge in [-0.1, -0.05) is 13.0 Å². The number of aromatic nitrogens is 2. The molecular formula is C14H15FN4O3. The lowest BCUT2D eigenvalue weighted by atomic mass is 10.1. The Hall–Kier alpha value is -2.77. The SMILES string of the molecule is Cc1ccc(NC(=O)C(C)Cn2cc([N+](=O)[O-])cn2)cc1F. The Morgan fingerprint density at radius 2 is 2.27 bits per heavy atom. The van der Waals surface area contributed by atoms with E-state index in [4.69, 9.17) is 0 Å². The van der Waals surface area contributed by atoms with E-state index >= 15 is 0 Å². The van der Waals surface area contributed by atoms with E-state index in [1.165, 1.54) is 16.9 Å². The number of anilines is 1. The Kier molecular flexibility index (Phi) is 4.50. The number of hydrogen-bond acceptors (Lipinski definition) is 4. The van der Waals surface area contributed by atoms with Gasteiger partial charge in [0.25, 0.3) is 0 Å². The van der Waals surface area contributed by atoms with Crippen molar-refractivity contribution >= 4 is 17.3 Å². The van der Waals surface area contributed by atoms with Crippen LogP contribution in [0.5, 0.6) is 0 Å². The van der Waals surface area contributed by atoms with Crippen LogP contribution in [0.25, 0.3) is 0 Å². The molecule has 116 valence electrons. The van der Waals surface area contributed by atoms with Gasteiger partial charge in [-0.3, -0.25) is 19.6 Å². The molecule has 1 unspecified atom stereocenters. The second-order valence-corrected chi connectivity index (χ2v) is 5.03. The first-order valence-electron chi connectivity index (χ1n) is 6.60. The number of nitrogens with zero attached hydrogens (tertiary/aromatic N) is 3. The van der Waals surface area contributed by atoms with Crippen molar-refractivity contribution in [2.24, 2.45) is 5.92 Å². The third-order valence-corrected chi connectivity index (χ3v) is 3.18. The Morgan fingerprint density at radius 3 is 2.86 bits per heavy atom. The van der Waals surface area contributed by atoms with E-state index in [2.05, 4.69) is 10.4 Å². The monoisotopic (exact) mass is 306 g/mol. The molecule has 0 radical (unpaired) electrons. The number of rotatable bonds is 5. The van der Waals surface area contributed by atoms with Gasteiger partial charge in [0.2, 0.25) is 5.91 Å². The standard InChI is InChI=1S/C14H15FN4O3/c1-9-3-4-11(5-13(9)15)17-14(20)10(2)7-18-8-12(6-16-18)19(21)22/h3-6,8,10H,7H2,1-2H3,(H,17,20). The molecule has 0 aliphatic carbocycles. The maximum atomic E-state index is 13.4. The summed E-state index contributed by atoms with van der Waals surface area (Å²) in [7, 11) is 0. The molecule has 0 spiro atoms. The highest BCUT2D eigenvalue weighted by Gasteiger charge is 2.17. The number of halogens is 1. The van der Waals surface area contributed by atoms with E-state index < -0.39 is 16.7 Å². The molecule has 0 aliphatic heterocycles. The average molecular weight is 306 g/mol. The normalized spacial score (nSPS) is 12.0. The number of carbonyl (C=O) groups excluding carboxylic acids is 1. The van der Waals surface area contributed by atoms with Crippen LogP contribution in [-0.4, -0.2) is 20.6 Å². The Bertz CT molecular complexity index is 714. The molecule has 1 aromatic heterocycles. The van der Waals surface area contributed by atoms with Crippen molar-refractivity contribution in [3.63, 3.8) is 0 Å². The molecule has 7 nitrogen and oxygen atoms in total. The van der Waals surface area contributed by atoms with Gasteiger partial charge in [0.15, 0.2) is 0 Å². The quantitative estimate of drug-likeness (QED) is 0.679. The van der Waals surface area contributed by atoms with Gasteiger partial charge in [-0.05, 0) is 24.6 Å². The van der Waals surface area contributed by atoms with Crippen LogP contribution in [0.4, 0.5) is 15.8 Å². The van der Waals surface area contributed by atoms with Crippen LogP contribution in [0, 0.1) is 28.8 Å². The molecule has 8 heteroatoms. The number of amides is 1. The van der Waals surface area contributed by atoms with Crippen LogP contribution in [0.1, 0.15) is 12.5 Å². The largest absolute Gasteiger partial charge is 0.326 e. The number of hydrogen-bond donors (Lipinski definition) is 1. The van der Waals surface area contributed by atoms with Gasteiger partial charge in [-0.15, -0.1) is 0 Å². The highest BCUT2D eigenvalue weighted by Crippen LogP contribution is 2.15. The highest BCUT2D eigenvalue weighted by atomic mass is 19.1. The lowest BCUT2D eigenvalue weighted by Crippen LogP contribution is -2.24. The smallest absolute Gasteiger partial charge is 0.306 e. The van der Waals surface area contributed by atoms with Gasteiger partial charge < -0.3 is 5.32 Å². The summed E-state index contributed by atoms with van der Waals surface area (Å²) in [6, 6.07) is 4.44. The summed E-state index contributed by atoms with van der Waals surface area (Å²) in [6.07, 6.45) is 2.38. The first-order valence-corrected chi connectivity index (χ1v) is 6.60. The van der Waals surface area contributed by atoms with Gasteiger partial charge >= 0.3 is 5.69 Å². The molecule has 1 amide bonds. The summed E-state index contributed by atoms with van der Waals surface area (Å²) in [5.41, 5.74) is 0.731. The Balaban J connectivity index is 1.99. The summed E-state index contributed by atoms with van der Waals surface area (Å²) in [5, 5.41) is 17.0. The Morgan fingerprint density at radius 1 is 1.55 bits per heavy atom. The van der Waals surface area contributed by atoms with Crippen LogP contribution in [0.15, 0.2) is 30.6 Å². The fraction of sp³-hybridized carbons (Fsp3) is 0.286. The third-order valence-electron chi connectivity index (χ3n) is 3.18. The first kappa shape index (κ1) is 15.6. The molecule has 0 aliphatic rings. The van der Waals surface area contributed by atoms with Crippen molar-refractivity contribution in [3.05, 3.63) is 52.1 Å². The molecule has 2 aromatic rings. The molecule has 0 saturated carbocycles. The molecule has 1 N–H and O–H groups in total. The predicted molar refractivity (Wildman–Crippen MR) is 77.8 cm³/mol. The molecule has 0 fully saturated rings. The van der Waals surface area contributed by atoms with Crippen molar-refractivity contribution in [1.82, 2.24) is 9.78 Å². The molecule has 1 aromatic carbocycles. The summed E-state index contributed by atoms with van der Waals surface area (Å²) in [6.45, 7) is 3.48. The first-order chi connectivity index (χ1) is 10.4. The minimum Gasteiger partial charge on any atom is -0.326 e. The Labute approximate surface area is 125 Å². The van der Waals surface area contributed by atoms with E-state index in [0.29, 0.717) is 11.3 Å². The third kappa shape index (κ3) is 3.66. The maximum Gasteiger partial charge on any atom is 0.306 e. The minimum atomic E-state index is -0.552.